The van der Waals surface area contributed by atoms with Crippen molar-refractivity contribution in [2.24, 2.45) is 22.9 Å². The zero-order valence-corrected chi connectivity index (χ0v) is 23.6. The minimum Gasteiger partial charge on any atom is -0.459 e. The molecule has 2 aromatic rings. The summed E-state index contributed by atoms with van der Waals surface area (Å²) in [4.78, 5) is 28.4. The number of carbonyl (C=O) groups excluding carboxylic acids is 2. The molecule has 41 heavy (non-hydrogen) atoms. The number of ether oxygens (including phenoxy) is 5. The van der Waals surface area contributed by atoms with Crippen LogP contribution in [0.15, 0.2) is 65.8 Å². The standard InChI is InChI=1S/C30H37N3O8/c1-17-18(2)25(32-33-31)30(39-24(17)16-37-28(35)21-11-7-5-8-12-21)41-27-19(3)26(20(4)38-23(27)15-34)40-29(36)22-13-9-6-10-14-22/h5-14,17-20,23-27,30,34H,15-16H2,1-4H3/t17?,18-,19?,20?,23-,24?,25+,26?,27-,30?/m0/s1. The van der Waals surface area contributed by atoms with Crippen molar-refractivity contribution >= 4 is 11.9 Å². The highest BCUT2D eigenvalue weighted by Gasteiger charge is 2.49. The van der Waals surface area contributed by atoms with Crippen LogP contribution in [-0.4, -0.2) is 73.1 Å². The molecule has 2 saturated heterocycles. The Hall–Kier alpha value is -3.47. The number of esters is 2. The summed E-state index contributed by atoms with van der Waals surface area (Å²) >= 11 is 0. The Labute approximate surface area is 239 Å². The van der Waals surface area contributed by atoms with Crippen LogP contribution in [-0.2, 0) is 23.7 Å². The Morgan fingerprint density at radius 3 is 2.05 bits per heavy atom. The van der Waals surface area contributed by atoms with E-state index in [2.05, 4.69) is 10.0 Å². The third-order valence-corrected chi connectivity index (χ3v) is 8.09. The third-order valence-electron chi connectivity index (χ3n) is 8.09. The number of rotatable bonds is 9. The average Bonchev–Trinajstić information content (AvgIpc) is 2.99. The Kier molecular flexibility index (Phi) is 10.4. The number of nitrogens with zero attached hydrogens (tertiary/aromatic N) is 3. The van der Waals surface area contributed by atoms with Crippen molar-refractivity contribution in [1.82, 2.24) is 0 Å². The van der Waals surface area contributed by atoms with Crippen LogP contribution in [0.4, 0.5) is 0 Å². The molecule has 2 heterocycles. The summed E-state index contributed by atoms with van der Waals surface area (Å²) in [6, 6.07) is 16.6. The van der Waals surface area contributed by atoms with Crippen molar-refractivity contribution in [2.45, 2.75) is 70.5 Å². The molecule has 6 unspecified atom stereocenters. The van der Waals surface area contributed by atoms with Gasteiger partial charge in [-0.25, -0.2) is 9.59 Å². The van der Waals surface area contributed by atoms with Crippen LogP contribution in [0, 0.1) is 17.8 Å². The molecule has 11 heteroatoms. The molecule has 10 atom stereocenters. The molecule has 2 aromatic carbocycles. The van der Waals surface area contributed by atoms with Gasteiger partial charge >= 0.3 is 11.9 Å². The number of hydrogen-bond donors (Lipinski definition) is 1. The van der Waals surface area contributed by atoms with E-state index in [1.807, 2.05) is 32.9 Å². The fourth-order valence-corrected chi connectivity index (χ4v) is 5.48. The second-order valence-electron chi connectivity index (χ2n) is 10.7. The van der Waals surface area contributed by atoms with Gasteiger partial charge in [-0.15, -0.1) is 0 Å². The summed E-state index contributed by atoms with van der Waals surface area (Å²) in [6.45, 7) is 7.11. The smallest absolute Gasteiger partial charge is 0.338 e. The summed E-state index contributed by atoms with van der Waals surface area (Å²) < 4.78 is 30.1. The first-order valence-corrected chi connectivity index (χ1v) is 13.8. The van der Waals surface area contributed by atoms with Crippen molar-refractivity contribution < 1.29 is 38.4 Å². The Morgan fingerprint density at radius 1 is 0.854 bits per heavy atom. The predicted molar refractivity (Wildman–Crippen MR) is 148 cm³/mol. The summed E-state index contributed by atoms with van der Waals surface area (Å²) in [5.41, 5.74) is 10.1. The van der Waals surface area contributed by atoms with Gasteiger partial charge in [0.25, 0.3) is 0 Å². The highest BCUT2D eigenvalue weighted by molar-refractivity contribution is 5.89. The lowest BCUT2D eigenvalue weighted by Gasteiger charge is -2.48. The van der Waals surface area contributed by atoms with Gasteiger partial charge in [-0.05, 0) is 48.6 Å². The molecule has 1 N–H and O–H groups in total. The van der Waals surface area contributed by atoms with Crippen molar-refractivity contribution in [3.63, 3.8) is 0 Å². The zero-order chi connectivity index (χ0) is 29.5. The largest absolute Gasteiger partial charge is 0.459 e. The SMILES string of the molecule is CC1O[C@@H](CO)[C@@H](OC2OC(COC(=O)c3ccccc3)C(C)[C@H](C)[C@H]2N=[N+]=[N-])C(C)C1OC(=O)c1ccccc1. The molecule has 2 aliphatic heterocycles. The van der Waals surface area contributed by atoms with E-state index in [1.165, 1.54) is 0 Å². The number of aliphatic hydroxyl groups is 1. The van der Waals surface area contributed by atoms with E-state index in [1.54, 1.807) is 55.5 Å². The van der Waals surface area contributed by atoms with E-state index >= 15 is 0 Å². The van der Waals surface area contributed by atoms with E-state index in [0.717, 1.165) is 0 Å². The monoisotopic (exact) mass is 567 g/mol. The highest BCUT2D eigenvalue weighted by Crippen LogP contribution is 2.38. The van der Waals surface area contributed by atoms with Crippen LogP contribution in [0.3, 0.4) is 0 Å². The van der Waals surface area contributed by atoms with Crippen LogP contribution in [0.5, 0.6) is 0 Å². The maximum absolute atomic E-state index is 12.9. The molecule has 220 valence electrons. The Bertz CT molecular complexity index is 1210. The lowest BCUT2D eigenvalue weighted by molar-refractivity contribution is -0.298. The minimum atomic E-state index is -1.03. The van der Waals surface area contributed by atoms with Crippen molar-refractivity contribution in [3.05, 3.63) is 82.2 Å². The molecular formula is C30H37N3O8. The van der Waals surface area contributed by atoms with E-state index in [0.29, 0.717) is 11.1 Å². The van der Waals surface area contributed by atoms with Gasteiger partial charge in [-0.3, -0.25) is 0 Å². The first kappa shape index (κ1) is 30.5. The van der Waals surface area contributed by atoms with Crippen molar-refractivity contribution in [1.29, 1.82) is 0 Å². The molecule has 0 radical (unpaired) electrons. The van der Waals surface area contributed by atoms with Gasteiger partial charge in [-0.1, -0.05) is 62.3 Å². The maximum Gasteiger partial charge on any atom is 0.338 e. The van der Waals surface area contributed by atoms with Gasteiger partial charge in [-0.2, -0.15) is 0 Å². The maximum atomic E-state index is 12.9. The molecular weight excluding hydrogens is 530 g/mol. The number of azide groups is 1. The van der Waals surface area contributed by atoms with Gasteiger partial charge in [0.15, 0.2) is 6.29 Å². The molecule has 2 fully saturated rings. The van der Waals surface area contributed by atoms with Crippen LogP contribution in [0.25, 0.3) is 10.4 Å². The third kappa shape index (κ3) is 7.06. The quantitative estimate of drug-likeness (QED) is 0.201. The molecule has 2 aliphatic rings. The number of aliphatic hydroxyl groups excluding tert-OH is 1. The van der Waals surface area contributed by atoms with E-state index in [9.17, 15) is 20.2 Å². The van der Waals surface area contributed by atoms with Crippen LogP contribution < -0.4 is 0 Å². The lowest BCUT2D eigenvalue weighted by Crippen LogP contribution is -2.59. The van der Waals surface area contributed by atoms with Crippen LogP contribution >= 0.6 is 0 Å². The zero-order valence-electron chi connectivity index (χ0n) is 23.6. The van der Waals surface area contributed by atoms with Gasteiger partial charge in [0.2, 0.25) is 0 Å². The first-order chi connectivity index (χ1) is 19.7. The van der Waals surface area contributed by atoms with E-state index in [-0.39, 0.29) is 25.0 Å². The molecule has 11 nitrogen and oxygen atoms in total. The molecule has 0 bridgehead atoms. The van der Waals surface area contributed by atoms with Gasteiger partial charge in [0, 0.05) is 10.8 Å². The van der Waals surface area contributed by atoms with Crippen LogP contribution in [0.2, 0.25) is 0 Å². The molecule has 0 saturated carbocycles. The van der Waals surface area contributed by atoms with E-state index in [4.69, 9.17) is 23.7 Å². The fourth-order valence-electron chi connectivity index (χ4n) is 5.48. The lowest BCUT2D eigenvalue weighted by atomic mass is 9.82. The number of carbonyl (C=O) groups is 2. The molecule has 0 spiro atoms. The minimum absolute atomic E-state index is 0.0312. The number of benzene rings is 2. The van der Waals surface area contributed by atoms with Gasteiger partial charge < -0.3 is 28.8 Å². The molecule has 0 aromatic heterocycles. The predicted octanol–water partition coefficient (Wildman–Crippen LogP) is 4.55. The summed E-state index contributed by atoms with van der Waals surface area (Å²) in [7, 11) is 0. The van der Waals surface area contributed by atoms with Crippen molar-refractivity contribution in [3.8, 4) is 0 Å². The first-order valence-electron chi connectivity index (χ1n) is 13.8. The highest BCUT2D eigenvalue weighted by atomic mass is 16.7. The van der Waals surface area contributed by atoms with Crippen molar-refractivity contribution in [2.75, 3.05) is 13.2 Å². The summed E-state index contributed by atoms with van der Waals surface area (Å²) in [5.74, 6) is -1.72. The fraction of sp³-hybridized carbons (Fsp3) is 0.533. The molecule has 0 aliphatic carbocycles. The van der Waals surface area contributed by atoms with Gasteiger partial charge in [0.05, 0.1) is 42.1 Å². The topological polar surface area (TPSA) is 149 Å². The van der Waals surface area contributed by atoms with Gasteiger partial charge in [0.1, 0.15) is 18.8 Å². The second kappa shape index (κ2) is 13.9. The summed E-state index contributed by atoms with van der Waals surface area (Å²) in [6.07, 6.45) is -4.28. The molecule has 0 amide bonds. The Balaban J connectivity index is 1.51. The van der Waals surface area contributed by atoms with E-state index < -0.39 is 60.7 Å². The Morgan fingerprint density at radius 2 is 1.46 bits per heavy atom. The number of hydrogen-bond acceptors (Lipinski definition) is 9. The second-order valence-corrected chi connectivity index (χ2v) is 10.7. The average molecular weight is 568 g/mol. The molecule has 4 rings (SSSR count). The summed E-state index contributed by atoms with van der Waals surface area (Å²) in [5, 5.41) is 14.1. The van der Waals surface area contributed by atoms with Crippen LogP contribution in [0.1, 0.15) is 48.4 Å². The normalized spacial score (nSPS) is 33.3.